The normalized spacial score (nSPS) is 18.6. The van der Waals surface area contributed by atoms with Gasteiger partial charge in [-0.3, -0.25) is 9.59 Å². The summed E-state index contributed by atoms with van der Waals surface area (Å²) in [5.41, 5.74) is 0. The minimum atomic E-state index is -0.810. The molecule has 1 rings (SSSR count). The van der Waals surface area contributed by atoms with E-state index in [1.165, 1.54) is 0 Å². The molecular weight excluding hydrogens is 238 g/mol. The molecule has 0 aromatic heterocycles. The molecule has 2 N–H and O–H groups in total. The van der Waals surface area contributed by atoms with Gasteiger partial charge in [-0.05, 0) is 43.6 Å². The second-order valence-electron chi connectivity index (χ2n) is 4.66. The van der Waals surface area contributed by atoms with Crippen molar-refractivity contribution in [1.29, 1.82) is 0 Å². The Morgan fingerprint density at radius 2 is 2.06 bits per heavy atom. The lowest BCUT2D eigenvalue weighted by Gasteiger charge is -2.21. The molecule has 0 saturated carbocycles. The first-order valence-electron chi connectivity index (χ1n) is 6.17. The second kappa shape index (κ2) is 7.58. The molecule has 0 aromatic carbocycles. The number of rotatable bonds is 6. The summed E-state index contributed by atoms with van der Waals surface area (Å²) in [6.45, 7) is 1.86. The Hall–Kier alpha value is -0.710. The SMILES string of the molecule is CC(CCC(=O)O)NC(=O)CC1CCSCC1. The number of hydrogen-bond donors (Lipinski definition) is 2. The highest BCUT2D eigenvalue weighted by Gasteiger charge is 2.18. The number of aliphatic carboxylic acids is 1. The predicted molar refractivity (Wildman–Crippen MR) is 69.1 cm³/mol. The zero-order valence-corrected chi connectivity index (χ0v) is 11.1. The number of amides is 1. The fraction of sp³-hybridized carbons (Fsp3) is 0.833. The van der Waals surface area contributed by atoms with Gasteiger partial charge in [0.25, 0.3) is 0 Å². The third kappa shape index (κ3) is 6.56. The van der Waals surface area contributed by atoms with Gasteiger partial charge in [0, 0.05) is 18.9 Å². The van der Waals surface area contributed by atoms with Crippen LogP contribution in [-0.4, -0.2) is 34.5 Å². The second-order valence-corrected chi connectivity index (χ2v) is 5.89. The van der Waals surface area contributed by atoms with Gasteiger partial charge >= 0.3 is 5.97 Å². The molecule has 1 amide bonds. The zero-order chi connectivity index (χ0) is 12.7. The molecule has 1 fully saturated rings. The molecule has 0 spiro atoms. The summed E-state index contributed by atoms with van der Waals surface area (Å²) < 4.78 is 0. The highest BCUT2D eigenvalue weighted by molar-refractivity contribution is 7.99. The van der Waals surface area contributed by atoms with E-state index in [1.54, 1.807) is 0 Å². The van der Waals surface area contributed by atoms with E-state index in [1.807, 2.05) is 18.7 Å². The van der Waals surface area contributed by atoms with Gasteiger partial charge in [-0.25, -0.2) is 0 Å². The van der Waals surface area contributed by atoms with Crippen LogP contribution >= 0.6 is 11.8 Å². The number of nitrogens with one attached hydrogen (secondary N) is 1. The summed E-state index contributed by atoms with van der Waals surface area (Å²) in [5, 5.41) is 11.4. The number of carbonyl (C=O) groups excluding carboxylic acids is 1. The van der Waals surface area contributed by atoms with Crippen LogP contribution in [0.2, 0.25) is 0 Å². The molecule has 98 valence electrons. The average molecular weight is 259 g/mol. The van der Waals surface area contributed by atoms with E-state index >= 15 is 0 Å². The lowest BCUT2D eigenvalue weighted by Crippen LogP contribution is -2.34. The van der Waals surface area contributed by atoms with Gasteiger partial charge in [-0.2, -0.15) is 11.8 Å². The van der Waals surface area contributed by atoms with Crippen molar-refractivity contribution in [3.8, 4) is 0 Å². The Morgan fingerprint density at radius 1 is 1.41 bits per heavy atom. The first-order chi connectivity index (χ1) is 8.08. The number of hydrogen-bond acceptors (Lipinski definition) is 3. The summed E-state index contributed by atoms with van der Waals surface area (Å²) in [4.78, 5) is 22.1. The van der Waals surface area contributed by atoms with Gasteiger partial charge in [0.2, 0.25) is 5.91 Å². The molecule has 1 atom stereocenters. The van der Waals surface area contributed by atoms with Crippen LogP contribution < -0.4 is 5.32 Å². The van der Waals surface area contributed by atoms with Crippen molar-refractivity contribution < 1.29 is 14.7 Å². The topological polar surface area (TPSA) is 66.4 Å². The first kappa shape index (κ1) is 14.4. The number of carbonyl (C=O) groups is 2. The van der Waals surface area contributed by atoms with Crippen molar-refractivity contribution >= 4 is 23.6 Å². The van der Waals surface area contributed by atoms with Crippen LogP contribution in [0.3, 0.4) is 0 Å². The molecule has 17 heavy (non-hydrogen) atoms. The molecule has 0 aromatic rings. The minimum Gasteiger partial charge on any atom is -0.481 e. The van der Waals surface area contributed by atoms with E-state index in [-0.39, 0.29) is 18.4 Å². The van der Waals surface area contributed by atoms with Crippen molar-refractivity contribution in [3.63, 3.8) is 0 Å². The Labute approximate surface area is 107 Å². The van der Waals surface area contributed by atoms with Crippen molar-refractivity contribution in [2.45, 2.75) is 45.1 Å². The number of thioether (sulfide) groups is 1. The number of carboxylic acids is 1. The van der Waals surface area contributed by atoms with E-state index in [4.69, 9.17) is 5.11 Å². The first-order valence-corrected chi connectivity index (χ1v) is 7.32. The molecular formula is C12H21NO3S. The van der Waals surface area contributed by atoms with Crippen LogP contribution in [0.1, 0.15) is 39.0 Å². The maximum Gasteiger partial charge on any atom is 0.303 e. The van der Waals surface area contributed by atoms with E-state index in [0.29, 0.717) is 18.8 Å². The molecule has 1 aliphatic heterocycles. The van der Waals surface area contributed by atoms with E-state index < -0.39 is 5.97 Å². The third-order valence-corrected chi connectivity index (χ3v) is 4.06. The summed E-state index contributed by atoms with van der Waals surface area (Å²) >= 11 is 1.95. The van der Waals surface area contributed by atoms with E-state index in [2.05, 4.69) is 5.32 Å². The summed E-state index contributed by atoms with van der Waals surface area (Å²) in [7, 11) is 0. The van der Waals surface area contributed by atoms with Crippen molar-refractivity contribution in [3.05, 3.63) is 0 Å². The Balaban J connectivity index is 2.16. The molecule has 1 aliphatic rings. The molecule has 0 aliphatic carbocycles. The van der Waals surface area contributed by atoms with Crippen LogP contribution in [0.4, 0.5) is 0 Å². The van der Waals surface area contributed by atoms with Crippen LogP contribution in [0.25, 0.3) is 0 Å². The van der Waals surface area contributed by atoms with Crippen LogP contribution in [0.15, 0.2) is 0 Å². The van der Waals surface area contributed by atoms with Crippen LogP contribution in [-0.2, 0) is 9.59 Å². The Bertz CT molecular complexity index is 264. The lowest BCUT2D eigenvalue weighted by molar-refractivity contribution is -0.137. The van der Waals surface area contributed by atoms with Crippen LogP contribution in [0, 0.1) is 5.92 Å². The molecule has 4 nitrogen and oxygen atoms in total. The van der Waals surface area contributed by atoms with Crippen molar-refractivity contribution in [2.24, 2.45) is 5.92 Å². The molecule has 0 radical (unpaired) electrons. The predicted octanol–water partition coefficient (Wildman–Crippen LogP) is 1.89. The van der Waals surface area contributed by atoms with Gasteiger partial charge in [0.1, 0.15) is 0 Å². The maximum absolute atomic E-state index is 11.7. The standard InChI is InChI=1S/C12H21NO3S/c1-9(2-3-12(15)16)13-11(14)8-10-4-6-17-7-5-10/h9-10H,2-8H2,1H3,(H,13,14)(H,15,16). The third-order valence-electron chi connectivity index (χ3n) is 3.01. The van der Waals surface area contributed by atoms with E-state index in [0.717, 1.165) is 24.3 Å². The largest absolute Gasteiger partial charge is 0.481 e. The van der Waals surface area contributed by atoms with Gasteiger partial charge < -0.3 is 10.4 Å². The quantitative estimate of drug-likeness (QED) is 0.764. The fourth-order valence-electron chi connectivity index (χ4n) is 1.96. The lowest BCUT2D eigenvalue weighted by atomic mass is 9.98. The molecule has 5 heteroatoms. The van der Waals surface area contributed by atoms with Gasteiger partial charge in [-0.15, -0.1) is 0 Å². The van der Waals surface area contributed by atoms with E-state index in [9.17, 15) is 9.59 Å². The van der Waals surface area contributed by atoms with Gasteiger partial charge in [-0.1, -0.05) is 0 Å². The fourth-order valence-corrected chi connectivity index (χ4v) is 3.16. The zero-order valence-electron chi connectivity index (χ0n) is 10.3. The highest BCUT2D eigenvalue weighted by Crippen LogP contribution is 2.25. The summed E-state index contributed by atoms with van der Waals surface area (Å²) in [6, 6.07) is -0.0448. The van der Waals surface area contributed by atoms with Gasteiger partial charge in [0.05, 0.1) is 0 Å². The highest BCUT2D eigenvalue weighted by atomic mass is 32.2. The Morgan fingerprint density at radius 3 is 2.65 bits per heavy atom. The molecule has 1 saturated heterocycles. The molecule has 0 bridgehead atoms. The smallest absolute Gasteiger partial charge is 0.303 e. The van der Waals surface area contributed by atoms with Crippen LogP contribution in [0.5, 0.6) is 0 Å². The Kier molecular flexibility index (Phi) is 6.40. The van der Waals surface area contributed by atoms with Crippen molar-refractivity contribution in [2.75, 3.05) is 11.5 Å². The average Bonchev–Trinajstić information content (AvgIpc) is 2.27. The summed E-state index contributed by atoms with van der Waals surface area (Å²) in [5.74, 6) is 2.09. The van der Waals surface area contributed by atoms with Gasteiger partial charge in [0.15, 0.2) is 0 Å². The molecule has 1 heterocycles. The summed E-state index contributed by atoms with van der Waals surface area (Å²) in [6.07, 6.45) is 3.46. The monoisotopic (exact) mass is 259 g/mol. The molecule has 1 unspecified atom stereocenters. The number of carboxylic acid groups (broad SMARTS) is 1. The maximum atomic E-state index is 11.7. The van der Waals surface area contributed by atoms with Crippen molar-refractivity contribution in [1.82, 2.24) is 5.32 Å². The minimum absolute atomic E-state index is 0.0448.